The minimum absolute atomic E-state index is 0.0159. The third kappa shape index (κ3) is 4.55. The topological polar surface area (TPSA) is 84.9 Å². The molecular weight excluding hydrogens is 369 g/mol. The highest BCUT2D eigenvalue weighted by molar-refractivity contribution is 6.37. The second-order valence-electron chi connectivity index (χ2n) is 4.94. The molecule has 2 aromatic rings. The van der Waals surface area contributed by atoms with Crippen LogP contribution in [0.25, 0.3) is 0 Å². The number of nitrogens with one attached hydrogen (secondary N) is 1. The van der Waals surface area contributed by atoms with E-state index in [2.05, 4.69) is 5.32 Å². The summed E-state index contributed by atoms with van der Waals surface area (Å²) >= 11 is 11.6. The first-order valence-corrected chi connectivity index (χ1v) is 7.99. The predicted molar refractivity (Wildman–Crippen MR) is 95.0 cm³/mol. The number of carbonyl (C=O) groups is 2. The molecule has 132 valence electrons. The van der Waals surface area contributed by atoms with Gasteiger partial charge in [0.25, 0.3) is 5.91 Å². The predicted octanol–water partition coefficient (Wildman–Crippen LogP) is 4.28. The molecule has 0 atom stereocenters. The number of hydrogen-bond acceptors (Lipinski definition) is 5. The summed E-state index contributed by atoms with van der Waals surface area (Å²) in [5.41, 5.74) is 0.590. The third-order valence-corrected chi connectivity index (χ3v) is 3.79. The Morgan fingerprint density at radius 1 is 1.12 bits per heavy atom. The number of hydrogen-bond donors (Lipinski definition) is 2. The molecule has 0 saturated heterocycles. The monoisotopic (exact) mass is 383 g/mol. The van der Waals surface area contributed by atoms with Gasteiger partial charge in [0.05, 0.1) is 17.2 Å². The minimum Gasteiger partial charge on any atom is -0.505 e. The largest absolute Gasteiger partial charge is 0.505 e. The van der Waals surface area contributed by atoms with Gasteiger partial charge in [0.15, 0.2) is 17.2 Å². The second kappa shape index (κ2) is 8.09. The zero-order chi connectivity index (χ0) is 18.6. The van der Waals surface area contributed by atoms with Crippen molar-refractivity contribution in [3.05, 3.63) is 45.9 Å². The fourth-order valence-electron chi connectivity index (χ4n) is 1.93. The van der Waals surface area contributed by atoms with Crippen LogP contribution >= 0.6 is 23.2 Å². The van der Waals surface area contributed by atoms with Crippen molar-refractivity contribution in [2.45, 2.75) is 13.3 Å². The van der Waals surface area contributed by atoms with Crippen molar-refractivity contribution in [3.63, 3.8) is 0 Å². The van der Waals surface area contributed by atoms with Crippen LogP contribution in [-0.2, 0) is 4.79 Å². The summed E-state index contributed by atoms with van der Waals surface area (Å²) in [7, 11) is 1.40. The van der Waals surface area contributed by atoms with Gasteiger partial charge in [-0.25, -0.2) is 0 Å². The molecular formula is C17H15Cl2NO5. The van der Waals surface area contributed by atoms with Crippen LogP contribution in [0.15, 0.2) is 30.3 Å². The summed E-state index contributed by atoms with van der Waals surface area (Å²) in [5.74, 6) is -0.656. The maximum atomic E-state index is 12.4. The average Bonchev–Trinajstić information content (AvgIpc) is 2.59. The first kappa shape index (κ1) is 18.9. The van der Waals surface area contributed by atoms with Gasteiger partial charge in [-0.15, -0.1) is 0 Å². The molecule has 0 spiro atoms. The molecule has 0 aliphatic rings. The zero-order valence-corrected chi connectivity index (χ0v) is 14.9. The Balaban J connectivity index is 2.23. The van der Waals surface area contributed by atoms with Crippen LogP contribution in [0, 0.1) is 0 Å². The normalized spacial score (nSPS) is 10.2. The number of ether oxygens (including phenoxy) is 2. The van der Waals surface area contributed by atoms with Crippen molar-refractivity contribution in [3.8, 4) is 17.2 Å². The van der Waals surface area contributed by atoms with Gasteiger partial charge in [0.2, 0.25) is 0 Å². The van der Waals surface area contributed by atoms with Crippen molar-refractivity contribution in [1.29, 1.82) is 0 Å². The summed E-state index contributed by atoms with van der Waals surface area (Å²) in [6.45, 7) is 1.67. The molecule has 0 aromatic heterocycles. The number of anilines is 1. The van der Waals surface area contributed by atoms with Crippen LogP contribution in [0.1, 0.15) is 23.7 Å². The summed E-state index contributed by atoms with van der Waals surface area (Å²) in [5, 5.41) is 12.2. The lowest BCUT2D eigenvalue weighted by molar-refractivity contribution is -0.134. The minimum atomic E-state index is -0.454. The van der Waals surface area contributed by atoms with Crippen LogP contribution in [0.2, 0.25) is 10.0 Å². The van der Waals surface area contributed by atoms with Crippen LogP contribution in [0.3, 0.4) is 0 Å². The van der Waals surface area contributed by atoms with Crippen LogP contribution in [0.5, 0.6) is 17.2 Å². The highest BCUT2D eigenvalue weighted by atomic mass is 35.5. The van der Waals surface area contributed by atoms with E-state index < -0.39 is 11.9 Å². The third-order valence-electron chi connectivity index (χ3n) is 3.21. The number of esters is 1. The van der Waals surface area contributed by atoms with Gasteiger partial charge in [0.1, 0.15) is 0 Å². The lowest BCUT2D eigenvalue weighted by Gasteiger charge is -2.11. The van der Waals surface area contributed by atoms with Crippen molar-refractivity contribution in [2.24, 2.45) is 0 Å². The van der Waals surface area contributed by atoms with E-state index in [1.165, 1.54) is 37.4 Å². The van der Waals surface area contributed by atoms with Crippen LogP contribution < -0.4 is 14.8 Å². The van der Waals surface area contributed by atoms with Gasteiger partial charge < -0.3 is 19.9 Å². The molecule has 0 fully saturated rings. The number of halogens is 2. The lowest BCUT2D eigenvalue weighted by Crippen LogP contribution is -2.13. The van der Waals surface area contributed by atoms with Gasteiger partial charge in [0, 0.05) is 17.7 Å². The second-order valence-corrected chi connectivity index (χ2v) is 5.75. The highest BCUT2D eigenvalue weighted by Gasteiger charge is 2.15. The van der Waals surface area contributed by atoms with E-state index in [1.807, 2.05) is 0 Å². The summed E-state index contributed by atoms with van der Waals surface area (Å²) in [6, 6.07) is 7.14. The molecule has 2 rings (SSSR count). The van der Waals surface area contributed by atoms with E-state index >= 15 is 0 Å². The number of methoxy groups -OCH3 is 1. The highest BCUT2D eigenvalue weighted by Crippen LogP contribution is 2.35. The van der Waals surface area contributed by atoms with Crippen LogP contribution in [-0.4, -0.2) is 24.1 Å². The van der Waals surface area contributed by atoms with Crippen molar-refractivity contribution < 1.29 is 24.2 Å². The first-order chi connectivity index (χ1) is 11.8. The molecule has 0 aliphatic carbocycles. The Morgan fingerprint density at radius 2 is 1.76 bits per heavy atom. The number of phenols is 1. The molecule has 0 aliphatic heterocycles. The number of benzene rings is 2. The molecule has 6 nitrogen and oxygen atoms in total. The van der Waals surface area contributed by atoms with Gasteiger partial charge >= 0.3 is 5.97 Å². The molecule has 2 N–H and O–H groups in total. The molecule has 0 heterocycles. The maximum Gasteiger partial charge on any atom is 0.311 e. The molecule has 0 saturated carbocycles. The Hall–Kier alpha value is -2.44. The van der Waals surface area contributed by atoms with Gasteiger partial charge in [-0.2, -0.15) is 0 Å². The summed E-state index contributed by atoms with van der Waals surface area (Å²) < 4.78 is 10.3. The van der Waals surface area contributed by atoms with E-state index in [0.717, 1.165) is 0 Å². The number of aromatic hydroxyl groups is 1. The molecule has 8 heteroatoms. The molecule has 0 unspecified atom stereocenters. The Morgan fingerprint density at radius 3 is 2.32 bits per heavy atom. The molecule has 25 heavy (non-hydrogen) atoms. The molecule has 0 radical (unpaired) electrons. The van der Waals surface area contributed by atoms with E-state index in [0.29, 0.717) is 5.69 Å². The van der Waals surface area contributed by atoms with E-state index in [-0.39, 0.29) is 39.3 Å². The Bertz CT molecular complexity index is 800. The number of amides is 1. The van der Waals surface area contributed by atoms with E-state index in [1.54, 1.807) is 6.92 Å². The van der Waals surface area contributed by atoms with Crippen molar-refractivity contribution in [1.82, 2.24) is 0 Å². The smallest absolute Gasteiger partial charge is 0.311 e. The average molecular weight is 384 g/mol. The molecule has 0 bridgehead atoms. The van der Waals surface area contributed by atoms with Crippen LogP contribution in [0.4, 0.5) is 5.69 Å². The Labute approximate surface area is 154 Å². The SMILES string of the molecule is CCC(=O)Oc1ccc(C(=O)Nc2cc(Cl)c(O)c(Cl)c2)cc1OC. The lowest BCUT2D eigenvalue weighted by atomic mass is 10.1. The fraction of sp³-hybridized carbons (Fsp3) is 0.176. The van der Waals surface area contributed by atoms with Crippen molar-refractivity contribution in [2.75, 3.05) is 12.4 Å². The van der Waals surface area contributed by atoms with Crippen molar-refractivity contribution >= 4 is 40.8 Å². The fourth-order valence-corrected chi connectivity index (χ4v) is 2.42. The number of phenolic OH excluding ortho intramolecular Hbond substituents is 1. The Kier molecular flexibility index (Phi) is 6.12. The number of carbonyl (C=O) groups excluding carboxylic acids is 2. The number of rotatable bonds is 5. The van der Waals surface area contributed by atoms with Gasteiger partial charge in [-0.1, -0.05) is 30.1 Å². The standard InChI is InChI=1S/C17H15Cl2NO5/c1-3-15(21)25-13-5-4-9(6-14(13)24-2)17(23)20-10-7-11(18)16(22)12(19)8-10/h4-8,22H,3H2,1-2H3,(H,20,23). The molecule has 1 amide bonds. The first-order valence-electron chi connectivity index (χ1n) is 7.23. The van der Waals surface area contributed by atoms with Gasteiger partial charge in [-0.3, -0.25) is 9.59 Å². The van der Waals surface area contributed by atoms with E-state index in [9.17, 15) is 14.7 Å². The molecule has 2 aromatic carbocycles. The van der Waals surface area contributed by atoms with Gasteiger partial charge in [-0.05, 0) is 30.3 Å². The van der Waals surface area contributed by atoms with E-state index in [4.69, 9.17) is 32.7 Å². The maximum absolute atomic E-state index is 12.4. The zero-order valence-electron chi connectivity index (χ0n) is 13.4. The summed E-state index contributed by atoms with van der Waals surface area (Å²) in [6.07, 6.45) is 0.216. The summed E-state index contributed by atoms with van der Waals surface area (Å²) in [4.78, 5) is 23.8. The quantitative estimate of drug-likeness (QED) is 0.457.